The number of nitrogens with zero attached hydrogens (tertiary/aromatic N) is 2. The predicted molar refractivity (Wildman–Crippen MR) is 176 cm³/mol. The molecule has 9 nitrogen and oxygen atoms in total. The van der Waals surface area contributed by atoms with Crippen LogP contribution in [0.3, 0.4) is 0 Å². The number of nitrogens with one attached hydrogen (secondary N) is 1. The Balaban J connectivity index is 2.06. The summed E-state index contributed by atoms with van der Waals surface area (Å²) in [5, 5.41) is 2.94. The normalized spacial score (nSPS) is 12.0. The molecule has 1 N–H and O–H groups in total. The molecule has 44 heavy (non-hydrogen) atoms. The highest BCUT2D eigenvalue weighted by molar-refractivity contribution is 7.98. The Kier molecular flexibility index (Phi) is 13.0. The first-order valence-electron chi connectivity index (χ1n) is 14.6. The topological polar surface area (TPSA) is 105 Å². The van der Waals surface area contributed by atoms with Crippen LogP contribution in [-0.2, 0) is 26.2 Å². The average Bonchev–Trinajstić information content (AvgIpc) is 3.03. The average molecular weight is 642 g/mol. The number of anilines is 1. The molecule has 238 valence electrons. The van der Waals surface area contributed by atoms with Gasteiger partial charge in [0.05, 0.1) is 24.3 Å². The Morgan fingerprint density at radius 3 is 2.20 bits per heavy atom. The lowest BCUT2D eigenvalue weighted by molar-refractivity contribution is -0.140. The van der Waals surface area contributed by atoms with Crippen LogP contribution in [0.5, 0.6) is 11.5 Å². The van der Waals surface area contributed by atoms with Crippen molar-refractivity contribution in [1.82, 2.24) is 10.2 Å². The van der Waals surface area contributed by atoms with E-state index in [9.17, 15) is 18.0 Å². The summed E-state index contributed by atoms with van der Waals surface area (Å²) in [6, 6.07) is 19.5. The summed E-state index contributed by atoms with van der Waals surface area (Å²) >= 11 is 1.50. The van der Waals surface area contributed by atoms with E-state index in [-0.39, 0.29) is 23.3 Å². The van der Waals surface area contributed by atoms with Crippen LogP contribution in [0.1, 0.15) is 39.7 Å². The number of hydrogen-bond acceptors (Lipinski definition) is 7. The Morgan fingerprint density at radius 1 is 0.955 bits per heavy atom. The monoisotopic (exact) mass is 641 g/mol. The third-order valence-electron chi connectivity index (χ3n) is 6.92. The molecule has 0 heterocycles. The zero-order valence-corrected chi connectivity index (χ0v) is 27.9. The van der Waals surface area contributed by atoms with Gasteiger partial charge >= 0.3 is 0 Å². The zero-order chi connectivity index (χ0) is 32.3. The molecule has 11 heteroatoms. The summed E-state index contributed by atoms with van der Waals surface area (Å²) in [4.78, 5) is 30.1. The van der Waals surface area contributed by atoms with Crippen molar-refractivity contribution in [3.63, 3.8) is 0 Å². The molecule has 2 amide bonds. The summed E-state index contributed by atoms with van der Waals surface area (Å²) in [7, 11) is -2.62. The quantitative estimate of drug-likeness (QED) is 0.203. The first kappa shape index (κ1) is 34.8. The summed E-state index contributed by atoms with van der Waals surface area (Å²) in [5.41, 5.74) is 1.05. The van der Waals surface area contributed by atoms with Gasteiger partial charge in [0.15, 0.2) is 0 Å². The molecule has 3 rings (SSSR count). The molecule has 3 aromatic carbocycles. The number of hydrogen-bond donors (Lipinski definition) is 1. The maximum Gasteiger partial charge on any atom is 0.264 e. The van der Waals surface area contributed by atoms with Crippen LogP contribution in [0.25, 0.3) is 0 Å². The standard InChI is InChI=1S/C33H43N3O6S2/c1-7-31(33(38)34-21-24(3)4)35(22-25-10-9-11-28(20-25)41-5)32(37)23-36(26-12-14-27(15-13-26)42-8-2)44(39,40)30-18-16-29(43-6)17-19-30/h9-20,24,31H,7-8,21-23H2,1-6H3,(H,34,38)/t31-/m0/s1. The predicted octanol–water partition coefficient (Wildman–Crippen LogP) is 5.59. The van der Waals surface area contributed by atoms with Crippen LogP contribution in [0.15, 0.2) is 82.6 Å². The van der Waals surface area contributed by atoms with E-state index >= 15 is 0 Å². The van der Waals surface area contributed by atoms with E-state index in [1.165, 1.54) is 28.8 Å². The van der Waals surface area contributed by atoms with Gasteiger partial charge in [0.25, 0.3) is 10.0 Å². The maximum atomic E-state index is 14.3. The van der Waals surface area contributed by atoms with E-state index in [0.29, 0.717) is 36.8 Å². The highest BCUT2D eigenvalue weighted by Gasteiger charge is 2.33. The summed E-state index contributed by atoms with van der Waals surface area (Å²) in [6.07, 6.45) is 2.25. The van der Waals surface area contributed by atoms with E-state index < -0.39 is 28.5 Å². The van der Waals surface area contributed by atoms with Gasteiger partial charge in [-0.25, -0.2) is 8.42 Å². The lowest BCUT2D eigenvalue weighted by Gasteiger charge is -2.33. The Hall–Kier alpha value is -3.70. The van der Waals surface area contributed by atoms with Crippen LogP contribution >= 0.6 is 11.8 Å². The van der Waals surface area contributed by atoms with E-state index in [1.807, 2.05) is 46.1 Å². The van der Waals surface area contributed by atoms with Crippen LogP contribution in [0.4, 0.5) is 5.69 Å². The van der Waals surface area contributed by atoms with Crippen molar-refractivity contribution < 1.29 is 27.5 Å². The number of ether oxygens (including phenoxy) is 2. The van der Waals surface area contributed by atoms with Gasteiger partial charge in [-0.05, 0) is 91.7 Å². The Labute approximate surface area is 266 Å². The number of rotatable bonds is 16. The molecule has 0 saturated carbocycles. The van der Waals surface area contributed by atoms with Crippen molar-refractivity contribution in [3.8, 4) is 11.5 Å². The number of carbonyl (C=O) groups excluding carboxylic acids is 2. The molecule has 0 spiro atoms. The minimum Gasteiger partial charge on any atom is -0.497 e. The fourth-order valence-corrected chi connectivity index (χ4v) is 6.41. The van der Waals surface area contributed by atoms with Gasteiger partial charge in [0.1, 0.15) is 24.1 Å². The van der Waals surface area contributed by atoms with E-state index in [0.717, 1.165) is 14.8 Å². The molecule has 1 atom stereocenters. The van der Waals surface area contributed by atoms with Crippen molar-refractivity contribution in [1.29, 1.82) is 0 Å². The van der Waals surface area contributed by atoms with Crippen molar-refractivity contribution in [2.24, 2.45) is 5.92 Å². The minimum absolute atomic E-state index is 0.0537. The van der Waals surface area contributed by atoms with E-state index in [2.05, 4.69) is 5.32 Å². The van der Waals surface area contributed by atoms with Crippen molar-refractivity contribution in [3.05, 3.63) is 78.4 Å². The van der Waals surface area contributed by atoms with E-state index in [1.54, 1.807) is 55.6 Å². The fraction of sp³-hybridized carbons (Fsp3) is 0.394. The number of amides is 2. The number of benzene rings is 3. The molecule has 0 unspecified atom stereocenters. The molecule has 0 aliphatic heterocycles. The number of carbonyl (C=O) groups is 2. The third kappa shape index (κ3) is 9.15. The molecule has 0 aliphatic rings. The largest absolute Gasteiger partial charge is 0.497 e. The van der Waals surface area contributed by atoms with E-state index in [4.69, 9.17) is 9.47 Å². The second-order valence-corrected chi connectivity index (χ2v) is 13.3. The molecule has 3 aromatic rings. The van der Waals surface area contributed by atoms with Gasteiger partial charge in [0.2, 0.25) is 11.8 Å². The van der Waals surface area contributed by atoms with Gasteiger partial charge < -0.3 is 19.7 Å². The second-order valence-electron chi connectivity index (χ2n) is 10.6. The summed E-state index contributed by atoms with van der Waals surface area (Å²) < 4.78 is 40.3. The van der Waals surface area contributed by atoms with Gasteiger partial charge in [-0.3, -0.25) is 13.9 Å². The second kappa shape index (κ2) is 16.4. The first-order chi connectivity index (χ1) is 21.0. The fourth-order valence-electron chi connectivity index (χ4n) is 4.59. The highest BCUT2D eigenvalue weighted by atomic mass is 32.2. The Bertz CT molecular complexity index is 1480. The molecule has 0 bridgehead atoms. The maximum absolute atomic E-state index is 14.3. The number of sulfonamides is 1. The van der Waals surface area contributed by atoms with Gasteiger partial charge in [-0.15, -0.1) is 11.8 Å². The lowest BCUT2D eigenvalue weighted by atomic mass is 10.1. The molecule has 0 radical (unpaired) electrons. The minimum atomic E-state index is -4.18. The molecule has 0 aliphatic carbocycles. The first-order valence-corrected chi connectivity index (χ1v) is 17.3. The highest BCUT2D eigenvalue weighted by Crippen LogP contribution is 2.28. The molecule has 0 saturated heterocycles. The molecular formula is C33H43N3O6S2. The third-order valence-corrected chi connectivity index (χ3v) is 9.45. The smallest absolute Gasteiger partial charge is 0.264 e. The summed E-state index contributed by atoms with van der Waals surface area (Å²) in [6.45, 7) is 8.16. The SMILES string of the molecule is CCOc1ccc(N(CC(=O)N(Cc2cccc(OC)c2)[C@@H](CC)C(=O)NCC(C)C)S(=O)(=O)c2ccc(SC)cc2)cc1. The number of methoxy groups -OCH3 is 1. The van der Waals surface area contributed by atoms with Crippen LogP contribution < -0.4 is 19.1 Å². The van der Waals surface area contributed by atoms with Gasteiger partial charge in [-0.1, -0.05) is 32.9 Å². The molecule has 0 aromatic heterocycles. The van der Waals surface area contributed by atoms with Gasteiger partial charge in [-0.2, -0.15) is 0 Å². The van der Waals surface area contributed by atoms with Crippen molar-refractivity contribution in [2.45, 2.75) is 56.5 Å². The zero-order valence-electron chi connectivity index (χ0n) is 26.3. The molecular weight excluding hydrogens is 599 g/mol. The van der Waals surface area contributed by atoms with Crippen LogP contribution in [0.2, 0.25) is 0 Å². The van der Waals surface area contributed by atoms with Crippen LogP contribution in [0, 0.1) is 5.92 Å². The lowest BCUT2D eigenvalue weighted by Crippen LogP contribution is -2.52. The van der Waals surface area contributed by atoms with Gasteiger partial charge in [0, 0.05) is 18.0 Å². The van der Waals surface area contributed by atoms with Crippen molar-refractivity contribution >= 4 is 39.3 Å². The molecule has 0 fully saturated rings. The Morgan fingerprint density at radius 2 is 1.64 bits per heavy atom. The van der Waals surface area contributed by atoms with Crippen molar-refractivity contribution in [2.75, 3.05) is 37.4 Å². The van der Waals surface area contributed by atoms with Crippen LogP contribution in [-0.4, -0.2) is 64.2 Å². The number of thioether (sulfide) groups is 1. The summed E-state index contributed by atoms with van der Waals surface area (Å²) in [5.74, 6) is 0.603.